The maximum atomic E-state index is 15.5. The molecule has 32 heavy (non-hydrogen) atoms. The fourth-order valence-corrected chi connectivity index (χ4v) is 3.50. The normalized spacial score (nSPS) is 12.1. The van der Waals surface area contributed by atoms with Gasteiger partial charge >= 0.3 is 17.6 Å². The summed E-state index contributed by atoms with van der Waals surface area (Å²) in [6.07, 6.45) is 0. The van der Waals surface area contributed by atoms with Crippen LogP contribution in [0, 0.1) is 15.9 Å². The highest BCUT2D eigenvalue weighted by Gasteiger charge is 2.38. The molecule has 172 valence electrons. The average Bonchev–Trinajstić information content (AvgIpc) is 2.62. The largest absolute Gasteiger partial charge is 0.465 e. The van der Waals surface area contributed by atoms with Crippen molar-refractivity contribution in [3.63, 3.8) is 0 Å². The third-order valence-corrected chi connectivity index (χ3v) is 4.51. The Balaban J connectivity index is 2.65. The van der Waals surface area contributed by atoms with Gasteiger partial charge in [0.1, 0.15) is 11.4 Å². The van der Waals surface area contributed by atoms with Crippen LogP contribution in [-0.4, -0.2) is 29.1 Å². The molecule has 0 aromatic heterocycles. The maximum Gasteiger partial charge on any atom is 0.325 e. The molecule has 11 heteroatoms. The van der Waals surface area contributed by atoms with E-state index in [0.717, 1.165) is 12.1 Å². The molecule has 0 fully saturated rings. The Kier molecular flexibility index (Phi) is 8.19. The van der Waals surface area contributed by atoms with Gasteiger partial charge in [0, 0.05) is 21.1 Å². The molecule has 2 aromatic rings. The van der Waals surface area contributed by atoms with Crippen molar-refractivity contribution in [2.24, 2.45) is 0 Å². The molecule has 0 spiro atoms. The van der Waals surface area contributed by atoms with Gasteiger partial charge < -0.3 is 14.2 Å². The van der Waals surface area contributed by atoms with Gasteiger partial charge in [-0.2, -0.15) is 0 Å². The lowest BCUT2D eigenvalue weighted by molar-refractivity contribution is -0.385. The molecule has 0 bridgehead atoms. The second-order valence-corrected chi connectivity index (χ2v) is 8.85. The first kappa shape index (κ1) is 25.5. The number of halogens is 3. The summed E-state index contributed by atoms with van der Waals surface area (Å²) in [5.41, 5.74) is -2.18. The molecule has 0 heterocycles. The van der Waals surface area contributed by atoms with Crippen molar-refractivity contribution in [2.75, 3.05) is 6.61 Å². The lowest BCUT2D eigenvalue weighted by Crippen LogP contribution is -2.33. The smallest absolute Gasteiger partial charge is 0.325 e. The first-order chi connectivity index (χ1) is 14.8. The molecule has 2 aromatic carbocycles. The van der Waals surface area contributed by atoms with E-state index in [1.54, 1.807) is 20.8 Å². The monoisotopic (exact) mass is 531 g/mol. The van der Waals surface area contributed by atoms with Crippen molar-refractivity contribution in [1.29, 1.82) is 0 Å². The summed E-state index contributed by atoms with van der Waals surface area (Å²) in [4.78, 5) is 35.9. The minimum absolute atomic E-state index is 0.00604. The van der Waals surface area contributed by atoms with Crippen molar-refractivity contribution in [1.82, 2.24) is 0 Å². The number of nitro groups is 1. The number of carbonyl (C=O) groups is 2. The molecule has 0 aliphatic carbocycles. The van der Waals surface area contributed by atoms with Gasteiger partial charge in [-0.3, -0.25) is 19.7 Å². The summed E-state index contributed by atoms with van der Waals surface area (Å²) in [7, 11) is 0. The molecule has 8 nitrogen and oxygen atoms in total. The highest BCUT2D eigenvalue weighted by Crippen LogP contribution is 2.40. The van der Waals surface area contributed by atoms with E-state index in [1.807, 2.05) is 0 Å². The third-order valence-electron chi connectivity index (χ3n) is 3.83. The number of hydrogen-bond acceptors (Lipinski definition) is 7. The lowest BCUT2D eigenvalue weighted by atomic mass is 9.97. The maximum absolute atomic E-state index is 15.5. The number of ether oxygens (including phenoxy) is 3. The van der Waals surface area contributed by atoms with E-state index in [9.17, 15) is 19.7 Å². The molecule has 0 saturated heterocycles. The number of benzene rings is 2. The van der Waals surface area contributed by atoms with E-state index in [2.05, 4.69) is 15.9 Å². The fraction of sp³-hybridized carbons (Fsp3) is 0.333. The van der Waals surface area contributed by atoms with Crippen molar-refractivity contribution in [3.8, 4) is 11.5 Å². The zero-order chi connectivity index (χ0) is 24.2. The topological polar surface area (TPSA) is 105 Å². The Hall–Kier alpha value is -2.72. The first-order valence-corrected chi connectivity index (χ1v) is 10.5. The first-order valence-electron chi connectivity index (χ1n) is 9.34. The van der Waals surface area contributed by atoms with Crippen molar-refractivity contribution < 1.29 is 33.1 Å². The highest BCUT2D eigenvalue weighted by atomic mass is 79.9. The number of nitro benzene ring substituents is 1. The second kappa shape index (κ2) is 10.3. The molecule has 0 radical (unpaired) electrons. The van der Waals surface area contributed by atoms with E-state index in [4.69, 9.17) is 25.8 Å². The highest BCUT2D eigenvalue weighted by molar-refractivity contribution is 9.10. The molecular formula is C21H20BrClFNO7. The van der Waals surface area contributed by atoms with E-state index in [1.165, 1.54) is 25.1 Å². The Morgan fingerprint density at radius 2 is 1.88 bits per heavy atom. The Morgan fingerprint density at radius 3 is 2.41 bits per heavy atom. The van der Waals surface area contributed by atoms with Crippen molar-refractivity contribution in [3.05, 3.63) is 61.3 Å². The predicted octanol–water partition coefficient (Wildman–Crippen LogP) is 5.93. The summed E-state index contributed by atoms with van der Waals surface area (Å²) in [5, 5.41) is 11.7. The lowest BCUT2D eigenvalue weighted by Gasteiger charge is -2.23. The van der Waals surface area contributed by atoms with Gasteiger partial charge in [0.2, 0.25) is 5.75 Å². The molecule has 0 N–H and O–H groups in total. The average molecular weight is 533 g/mol. The van der Waals surface area contributed by atoms with Crippen LogP contribution in [0.4, 0.5) is 10.1 Å². The number of carbonyl (C=O) groups excluding carboxylic acids is 2. The Labute approximate surface area is 196 Å². The number of esters is 2. The van der Waals surface area contributed by atoms with Crippen LogP contribution in [0.3, 0.4) is 0 Å². The molecule has 0 aliphatic heterocycles. The molecule has 1 atom stereocenters. The molecule has 0 saturated carbocycles. The van der Waals surface area contributed by atoms with Gasteiger partial charge in [0.05, 0.1) is 11.5 Å². The Bertz CT molecular complexity index is 1030. The van der Waals surface area contributed by atoms with Crippen LogP contribution < -0.4 is 4.74 Å². The van der Waals surface area contributed by atoms with Gasteiger partial charge in [-0.15, -0.1) is 0 Å². The quantitative estimate of drug-likeness (QED) is 0.188. The van der Waals surface area contributed by atoms with E-state index in [-0.39, 0.29) is 17.4 Å². The van der Waals surface area contributed by atoms with Crippen LogP contribution in [0.25, 0.3) is 0 Å². The van der Waals surface area contributed by atoms with E-state index >= 15 is 4.39 Å². The number of hydrogen-bond donors (Lipinski definition) is 0. The van der Waals surface area contributed by atoms with Crippen LogP contribution in [0.5, 0.6) is 11.5 Å². The van der Waals surface area contributed by atoms with Crippen LogP contribution >= 0.6 is 27.5 Å². The zero-order valence-corrected chi connectivity index (χ0v) is 20.0. The zero-order valence-electron chi connectivity index (χ0n) is 17.6. The summed E-state index contributed by atoms with van der Waals surface area (Å²) in [6, 6.07) is 6.16. The van der Waals surface area contributed by atoms with Crippen LogP contribution in [0.1, 0.15) is 39.2 Å². The molecule has 2 rings (SSSR count). The minimum atomic E-state index is -1.82. The molecule has 1 unspecified atom stereocenters. The predicted molar refractivity (Wildman–Crippen MR) is 117 cm³/mol. The number of rotatable bonds is 7. The standard InChI is InChI=1S/C21H20BrClFNO7/c1-5-30-19(26)16(20(27)32-21(2,3)4)14-6-7-15(25(28)29)18(17(14)24)31-13-9-11(22)8-12(23)10-13/h6-10,16H,5H2,1-4H3. The fourth-order valence-electron chi connectivity index (χ4n) is 2.67. The Morgan fingerprint density at radius 1 is 1.22 bits per heavy atom. The van der Waals surface area contributed by atoms with Gasteiger partial charge in [-0.1, -0.05) is 27.5 Å². The third kappa shape index (κ3) is 6.39. The summed E-state index contributed by atoms with van der Waals surface area (Å²) in [6.45, 7) is 6.16. The molecule has 0 aliphatic rings. The van der Waals surface area contributed by atoms with Gasteiger partial charge in [0.25, 0.3) is 0 Å². The van der Waals surface area contributed by atoms with Gasteiger partial charge in [0.15, 0.2) is 11.7 Å². The van der Waals surface area contributed by atoms with Crippen molar-refractivity contribution in [2.45, 2.75) is 39.2 Å². The summed E-state index contributed by atoms with van der Waals surface area (Å²) >= 11 is 9.16. The van der Waals surface area contributed by atoms with Crippen LogP contribution in [0.2, 0.25) is 5.02 Å². The number of nitrogens with zero attached hydrogens (tertiary/aromatic N) is 1. The summed E-state index contributed by atoms with van der Waals surface area (Å²) in [5.74, 6) is -6.03. The van der Waals surface area contributed by atoms with Crippen LogP contribution in [-0.2, 0) is 19.1 Å². The summed E-state index contributed by atoms with van der Waals surface area (Å²) < 4.78 is 31.6. The van der Waals surface area contributed by atoms with E-state index < -0.39 is 51.2 Å². The second-order valence-electron chi connectivity index (χ2n) is 7.50. The van der Waals surface area contributed by atoms with Gasteiger partial charge in [-0.05, 0) is 52.0 Å². The van der Waals surface area contributed by atoms with Gasteiger partial charge in [-0.25, -0.2) is 4.39 Å². The van der Waals surface area contributed by atoms with Crippen LogP contribution in [0.15, 0.2) is 34.8 Å². The molecule has 0 amide bonds. The molecular weight excluding hydrogens is 513 g/mol. The van der Waals surface area contributed by atoms with Crippen molar-refractivity contribution >= 4 is 45.2 Å². The minimum Gasteiger partial charge on any atom is -0.465 e. The SMILES string of the molecule is CCOC(=O)C(C(=O)OC(C)(C)C)c1ccc([N+](=O)[O-])c(Oc2cc(Cl)cc(Br)c2)c1F. The van der Waals surface area contributed by atoms with E-state index in [0.29, 0.717) is 4.47 Å².